The van der Waals surface area contributed by atoms with E-state index in [1.54, 1.807) is 6.92 Å². The molecular formula is C16H26N2O10. The van der Waals surface area contributed by atoms with Crippen LogP contribution in [0.15, 0.2) is 4.99 Å². The maximum atomic E-state index is 11.5. The second-order valence-electron chi connectivity index (χ2n) is 7.01. The van der Waals surface area contributed by atoms with Crippen molar-refractivity contribution in [3.05, 3.63) is 0 Å². The zero-order chi connectivity index (χ0) is 20.6. The molecule has 0 aromatic rings. The van der Waals surface area contributed by atoms with E-state index in [2.05, 4.69) is 10.3 Å². The molecule has 1 amide bonds. The highest BCUT2D eigenvalue weighted by Gasteiger charge is 2.53. The van der Waals surface area contributed by atoms with Gasteiger partial charge in [-0.2, -0.15) is 0 Å². The van der Waals surface area contributed by atoms with Crippen molar-refractivity contribution in [2.24, 2.45) is 4.99 Å². The number of fused-ring (bicyclic) bond motifs is 1. The Morgan fingerprint density at radius 3 is 2.39 bits per heavy atom. The Hall–Kier alpha value is -1.38. The van der Waals surface area contributed by atoms with E-state index in [1.807, 2.05) is 0 Å². The van der Waals surface area contributed by atoms with Gasteiger partial charge in [0.15, 0.2) is 12.2 Å². The molecule has 12 heteroatoms. The Morgan fingerprint density at radius 1 is 1.11 bits per heavy atom. The van der Waals surface area contributed by atoms with Gasteiger partial charge in [-0.3, -0.25) is 4.79 Å². The van der Waals surface area contributed by atoms with Crippen molar-refractivity contribution in [1.29, 1.82) is 0 Å². The molecule has 6 N–H and O–H groups in total. The molecule has 2 saturated heterocycles. The van der Waals surface area contributed by atoms with Crippen LogP contribution >= 0.6 is 0 Å². The van der Waals surface area contributed by atoms with Crippen molar-refractivity contribution in [3.63, 3.8) is 0 Å². The number of nitrogens with zero attached hydrogens (tertiary/aromatic N) is 1. The van der Waals surface area contributed by atoms with Gasteiger partial charge in [0.2, 0.25) is 12.2 Å². The number of hydrogen-bond acceptors (Lipinski definition) is 11. The van der Waals surface area contributed by atoms with Crippen LogP contribution in [0, 0.1) is 0 Å². The highest BCUT2D eigenvalue weighted by atomic mass is 16.7. The van der Waals surface area contributed by atoms with Crippen LogP contribution in [0.25, 0.3) is 0 Å². The lowest BCUT2D eigenvalue weighted by atomic mass is 9.95. The van der Waals surface area contributed by atoms with Crippen molar-refractivity contribution >= 4 is 11.8 Å². The average Bonchev–Trinajstić information content (AvgIpc) is 3.03. The lowest BCUT2D eigenvalue weighted by Gasteiger charge is -2.46. The van der Waals surface area contributed by atoms with E-state index in [9.17, 15) is 30.3 Å². The topological polar surface area (TPSA) is 180 Å². The zero-order valence-corrected chi connectivity index (χ0v) is 15.4. The monoisotopic (exact) mass is 406 g/mol. The summed E-state index contributed by atoms with van der Waals surface area (Å²) >= 11 is 0. The SMILES string of the molecule is CC(=O)N[C@H]1C(O)[C@H](O)C(CO)O[C@H]1O[C@@H]1C(CO)O[C@@H]2OC(C)=N[C@H]2C1O. The van der Waals surface area contributed by atoms with Gasteiger partial charge in [0, 0.05) is 13.8 Å². The molecule has 3 aliphatic heterocycles. The second-order valence-corrected chi connectivity index (χ2v) is 7.01. The molecule has 4 unspecified atom stereocenters. The van der Waals surface area contributed by atoms with Gasteiger partial charge in [-0.1, -0.05) is 0 Å². The minimum atomic E-state index is -1.50. The van der Waals surface area contributed by atoms with Crippen LogP contribution in [-0.2, 0) is 23.7 Å². The van der Waals surface area contributed by atoms with E-state index in [4.69, 9.17) is 18.9 Å². The standard InChI is InChI=1S/C16H26N2O10/c1-5(21)17-9-12(23)11(22)7(3-19)26-16(9)28-14-8(4-20)27-15-10(13(14)24)18-6(2)25-15/h7-16,19-20,22-24H,3-4H2,1-2H3,(H,17,21)/t7?,8?,9-,10-,11+,12?,13?,14+,15-,16-/m0/s1. The summed E-state index contributed by atoms with van der Waals surface area (Å²) in [6.07, 6.45) is -9.76. The molecule has 2 fully saturated rings. The summed E-state index contributed by atoms with van der Waals surface area (Å²) in [5, 5.41) is 52.6. The third-order valence-corrected chi connectivity index (χ3v) is 4.98. The molecule has 0 radical (unpaired) electrons. The molecule has 0 saturated carbocycles. The third kappa shape index (κ3) is 4.00. The molecule has 28 heavy (non-hydrogen) atoms. The third-order valence-electron chi connectivity index (χ3n) is 4.98. The molecule has 3 heterocycles. The maximum absolute atomic E-state index is 11.5. The van der Waals surface area contributed by atoms with Gasteiger partial charge in [0.05, 0.1) is 13.2 Å². The van der Waals surface area contributed by atoms with Crippen molar-refractivity contribution in [3.8, 4) is 0 Å². The number of nitrogens with one attached hydrogen (secondary N) is 1. The summed E-state index contributed by atoms with van der Waals surface area (Å²) in [7, 11) is 0. The first-order valence-corrected chi connectivity index (χ1v) is 8.97. The Morgan fingerprint density at radius 2 is 1.79 bits per heavy atom. The van der Waals surface area contributed by atoms with E-state index >= 15 is 0 Å². The zero-order valence-electron chi connectivity index (χ0n) is 15.4. The molecular weight excluding hydrogens is 380 g/mol. The van der Waals surface area contributed by atoms with Crippen LogP contribution in [0.2, 0.25) is 0 Å². The van der Waals surface area contributed by atoms with Crippen LogP contribution in [0.1, 0.15) is 13.8 Å². The normalized spacial score (nSPS) is 45.8. The fourth-order valence-electron chi connectivity index (χ4n) is 3.61. The predicted octanol–water partition coefficient (Wildman–Crippen LogP) is -3.79. The van der Waals surface area contributed by atoms with Gasteiger partial charge < -0.3 is 49.8 Å². The van der Waals surface area contributed by atoms with Gasteiger partial charge in [-0.05, 0) is 0 Å². The summed E-state index contributed by atoms with van der Waals surface area (Å²) in [5.41, 5.74) is 0. The fraction of sp³-hybridized carbons (Fsp3) is 0.875. The van der Waals surface area contributed by atoms with Crippen LogP contribution < -0.4 is 5.32 Å². The maximum Gasteiger partial charge on any atom is 0.227 e. The van der Waals surface area contributed by atoms with Crippen molar-refractivity contribution in [1.82, 2.24) is 5.32 Å². The Labute approximate surface area is 160 Å². The highest BCUT2D eigenvalue weighted by Crippen LogP contribution is 2.32. The number of carbonyl (C=O) groups is 1. The highest BCUT2D eigenvalue weighted by molar-refractivity contribution is 5.75. The van der Waals surface area contributed by atoms with Gasteiger partial charge in [0.25, 0.3) is 0 Å². The van der Waals surface area contributed by atoms with Crippen molar-refractivity contribution in [2.45, 2.75) is 75.1 Å². The van der Waals surface area contributed by atoms with Crippen molar-refractivity contribution in [2.75, 3.05) is 13.2 Å². The van der Waals surface area contributed by atoms with Gasteiger partial charge in [0.1, 0.15) is 48.7 Å². The molecule has 10 atom stereocenters. The number of rotatable bonds is 5. The number of ether oxygens (including phenoxy) is 4. The summed E-state index contributed by atoms with van der Waals surface area (Å²) in [5.74, 6) is -0.199. The van der Waals surface area contributed by atoms with Crippen LogP contribution in [-0.4, -0.2) is 112 Å². The Balaban J connectivity index is 1.81. The largest absolute Gasteiger partial charge is 0.450 e. The molecule has 3 rings (SSSR count). The molecule has 0 aromatic heterocycles. The summed E-state index contributed by atoms with van der Waals surface area (Å²) in [6.45, 7) is 1.68. The average molecular weight is 406 g/mol. The van der Waals surface area contributed by atoms with E-state index in [0.29, 0.717) is 5.90 Å². The lowest BCUT2D eigenvalue weighted by Crippen LogP contribution is -2.67. The Kier molecular flexibility index (Phi) is 6.51. The second kappa shape index (κ2) is 8.55. The van der Waals surface area contributed by atoms with E-state index in [0.717, 1.165) is 0 Å². The molecule has 160 valence electrons. The number of aliphatic imine (C=N–C) groups is 1. The number of aliphatic hydroxyl groups is 5. The van der Waals surface area contributed by atoms with Gasteiger partial charge >= 0.3 is 0 Å². The molecule has 0 bridgehead atoms. The molecule has 0 spiro atoms. The lowest BCUT2D eigenvalue weighted by molar-refractivity contribution is -0.322. The summed E-state index contributed by atoms with van der Waals surface area (Å²) in [4.78, 5) is 15.7. The molecule has 3 aliphatic rings. The molecule has 12 nitrogen and oxygen atoms in total. The van der Waals surface area contributed by atoms with Gasteiger partial charge in [-0.25, -0.2) is 4.99 Å². The number of aliphatic hydroxyl groups excluding tert-OH is 5. The van der Waals surface area contributed by atoms with Crippen LogP contribution in [0.3, 0.4) is 0 Å². The number of amides is 1. The Bertz CT molecular complexity index is 604. The fourth-order valence-corrected chi connectivity index (χ4v) is 3.61. The molecule has 0 aromatic carbocycles. The first-order valence-electron chi connectivity index (χ1n) is 8.97. The minimum absolute atomic E-state index is 0.315. The van der Waals surface area contributed by atoms with Gasteiger partial charge in [-0.15, -0.1) is 0 Å². The van der Waals surface area contributed by atoms with Crippen LogP contribution in [0.4, 0.5) is 0 Å². The summed E-state index contributed by atoms with van der Waals surface area (Å²) in [6, 6.07) is -1.98. The first kappa shape index (κ1) is 21.3. The molecule has 0 aliphatic carbocycles. The van der Waals surface area contributed by atoms with E-state index in [-0.39, 0.29) is 0 Å². The smallest absolute Gasteiger partial charge is 0.227 e. The predicted molar refractivity (Wildman–Crippen MR) is 90.0 cm³/mol. The van der Waals surface area contributed by atoms with E-state index < -0.39 is 80.4 Å². The van der Waals surface area contributed by atoms with E-state index in [1.165, 1.54) is 6.92 Å². The number of carbonyl (C=O) groups excluding carboxylic acids is 1. The minimum Gasteiger partial charge on any atom is -0.450 e. The first-order chi connectivity index (χ1) is 13.3. The summed E-state index contributed by atoms with van der Waals surface area (Å²) < 4.78 is 22.2. The number of hydrogen-bond donors (Lipinski definition) is 6. The quantitative estimate of drug-likeness (QED) is 0.265. The van der Waals surface area contributed by atoms with Crippen LogP contribution in [0.5, 0.6) is 0 Å². The van der Waals surface area contributed by atoms with Crippen molar-refractivity contribution < 1.29 is 49.3 Å².